The van der Waals surface area contributed by atoms with Crippen LogP contribution in [0.3, 0.4) is 0 Å². The molecule has 0 aromatic heterocycles. The fourth-order valence-corrected chi connectivity index (χ4v) is 3.76. The Labute approximate surface area is 213 Å². The molecule has 2 aromatic rings. The molecule has 190 valence electrons. The smallest absolute Gasteiger partial charge is 0.408 e. The molecule has 0 saturated heterocycles. The highest BCUT2D eigenvalue weighted by atomic mass is 35.5. The van der Waals surface area contributed by atoms with Gasteiger partial charge in [-0.25, -0.2) is 4.79 Å². The Morgan fingerprint density at radius 1 is 1.06 bits per heavy atom. The molecule has 0 aliphatic carbocycles. The van der Waals surface area contributed by atoms with E-state index in [0.29, 0.717) is 29.2 Å². The first-order chi connectivity index (χ1) is 16.4. The second-order valence-electron chi connectivity index (χ2n) is 9.53. The van der Waals surface area contributed by atoms with Crippen molar-refractivity contribution in [1.29, 1.82) is 0 Å². The number of ether oxygens (including phenoxy) is 1. The number of nitrogens with zero attached hydrogens (tertiary/aromatic N) is 1. The zero-order valence-corrected chi connectivity index (χ0v) is 22.2. The van der Waals surface area contributed by atoms with E-state index in [-0.39, 0.29) is 18.4 Å². The molecule has 0 aliphatic heterocycles. The lowest BCUT2D eigenvalue weighted by molar-refractivity contribution is -0.138. The van der Waals surface area contributed by atoms with Crippen molar-refractivity contribution < 1.29 is 19.1 Å². The number of alkyl carbamates (subject to hydrolysis) is 1. The van der Waals surface area contributed by atoms with Gasteiger partial charge in [-0.15, -0.1) is 0 Å². The van der Waals surface area contributed by atoms with Gasteiger partial charge in [0.2, 0.25) is 5.91 Å². The van der Waals surface area contributed by atoms with Gasteiger partial charge in [0.05, 0.1) is 10.7 Å². The van der Waals surface area contributed by atoms with Crippen LogP contribution in [0.4, 0.5) is 10.5 Å². The van der Waals surface area contributed by atoms with Gasteiger partial charge in [-0.05, 0) is 58.2 Å². The normalized spacial score (nSPS) is 12.0. The Morgan fingerprint density at radius 2 is 1.71 bits per heavy atom. The summed E-state index contributed by atoms with van der Waals surface area (Å²) in [6.07, 6.45) is 0.831. The number of anilines is 1. The first-order valence-electron chi connectivity index (χ1n) is 11.8. The molecule has 0 heterocycles. The molecule has 0 aliphatic rings. The second-order valence-corrected chi connectivity index (χ2v) is 9.94. The van der Waals surface area contributed by atoms with Crippen LogP contribution >= 0.6 is 11.6 Å². The molecule has 2 N–H and O–H groups in total. The molecule has 0 radical (unpaired) electrons. The van der Waals surface area contributed by atoms with Gasteiger partial charge < -0.3 is 20.3 Å². The number of unbranched alkanes of at least 4 members (excludes halogenated alkanes) is 1. The van der Waals surface area contributed by atoms with E-state index in [1.807, 2.05) is 57.2 Å². The van der Waals surface area contributed by atoms with Gasteiger partial charge >= 0.3 is 6.09 Å². The SMILES string of the molecule is CCCCN(C(=O)CNC(=O)OC(C)(C)C)C(C(=O)Nc1c(C)cccc1Cl)c1ccc(C)cc1. The van der Waals surface area contributed by atoms with Crippen LogP contribution < -0.4 is 10.6 Å². The minimum atomic E-state index is -0.911. The van der Waals surface area contributed by atoms with Crippen LogP contribution in [0.15, 0.2) is 42.5 Å². The quantitative estimate of drug-likeness (QED) is 0.455. The molecule has 2 aromatic carbocycles. The minimum Gasteiger partial charge on any atom is -0.444 e. The largest absolute Gasteiger partial charge is 0.444 e. The number of amides is 3. The van der Waals surface area contributed by atoms with Crippen molar-refractivity contribution in [2.24, 2.45) is 0 Å². The maximum atomic E-state index is 13.7. The number of carbonyl (C=O) groups is 3. The van der Waals surface area contributed by atoms with E-state index in [1.165, 1.54) is 4.90 Å². The van der Waals surface area contributed by atoms with Crippen LogP contribution in [0.25, 0.3) is 0 Å². The van der Waals surface area contributed by atoms with Crippen LogP contribution in [-0.4, -0.2) is 41.5 Å². The van der Waals surface area contributed by atoms with Crippen molar-refractivity contribution in [3.05, 3.63) is 64.2 Å². The summed E-state index contributed by atoms with van der Waals surface area (Å²) in [6.45, 7) is 11.1. The molecule has 0 spiro atoms. The number of rotatable bonds is 9. The minimum absolute atomic E-state index is 0.292. The van der Waals surface area contributed by atoms with Crippen LogP contribution in [0, 0.1) is 13.8 Å². The summed E-state index contributed by atoms with van der Waals surface area (Å²) in [4.78, 5) is 40.6. The lowest BCUT2D eigenvalue weighted by Crippen LogP contribution is -2.47. The Hall–Kier alpha value is -3.06. The molecule has 8 heteroatoms. The first kappa shape index (κ1) is 28.2. The third kappa shape index (κ3) is 8.58. The Kier molecular flexibility index (Phi) is 10.1. The van der Waals surface area contributed by atoms with Gasteiger partial charge in [0.15, 0.2) is 0 Å². The molecule has 3 amide bonds. The van der Waals surface area contributed by atoms with Crippen molar-refractivity contribution in [3.8, 4) is 0 Å². The molecule has 2 rings (SSSR count). The predicted molar refractivity (Wildman–Crippen MR) is 140 cm³/mol. The van der Waals surface area contributed by atoms with E-state index in [0.717, 1.165) is 17.5 Å². The zero-order chi connectivity index (χ0) is 26.2. The summed E-state index contributed by atoms with van der Waals surface area (Å²) < 4.78 is 5.25. The van der Waals surface area contributed by atoms with Crippen LogP contribution in [0.1, 0.15) is 63.3 Å². The Balaban J connectivity index is 2.38. The Morgan fingerprint density at radius 3 is 2.29 bits per heavy atom. The van der Waals surface area contributed by atoms with Gasteiger partial charge in [-0.1, -0.05) is 66.9 Å². The third-order valence-corrected chi connectivity index (χ3v) is 5.59. The number of nitrogens with one attached hydrogen (secondary N) is 2. The van der Waals surface area contributed by atoms with E-state index in [2.05, 4.69) is 10.6 Å². The monoisotopic (exact) mass is 501 g/mol. The molecule has 7 nitrogen and oxygen atoms in total. The highest BCUT2D eigenvalue weighted by molar-refractivity contribution is 6.34. The highest BCUT2D eigenvalue weighted by Crippen LogP contribution is 2.29. The van der Waals surface area contributed by atoms with Gasteiger partial charge in [0.1, 0.15) is 18.2 Å². The second kappa shape index (κ2) is 12.6. The number of carbonyl (C=O) groups excluding carboxylic acids is 3. The van der Waals surface area contributed by atoms with Crippen molar-refractivity contribution in [2.45, 2.75) is 66.0 Å². The highest BCUT2D eigenvalue weighted by Gasteiger charge is 2.32. The van der Waals surface area contributed by atoms with Crippen LogP contribution in [0.2, 0.25) is 5.02 Å². The summed E-state index contributed by atoms with van der Waals surface area (Å²) in [6, 6.07) is 11.9. The summed E-state index contributed by atoms with van der Waals surface area (Å²) in [7, 11) is 0. The average molecular weight is 502 g/mol. The third-order valence-electron chi connectivity index (χ3n) is 5.28. The number of hydrogen-bond donors (Lipinski definition) is 2. The number of para-hydroxylation sites is 1. The maximum Gasteiger partial charge on any atom is 0.408 e. The van der Waals surface area contributed by atoms with E-state index < -0.39 is 17.7 Å². The molecule has 0 fully saturated rings. The maximum absolute atomic E-state index is 13.7. The van der Waals surface area contributed by atoms with Gasteiger partial charge in [-0.3, -0.25) is 9.59 Å². The van der Waals surface area contributed by atoms with E-state index in [4.69, 9.17) is 16.3 Å². The van der Waals surface area contributed by atoms with Gasteiger partial charge in [0.25, 0.3) is 5.91 Å². The van der Waals surface area contributed by atoms with E-state index in [9.17, 15) is 14.4 Å². The summed E-state index contributed by atoms with van der Waals surface area (Å²) in [5.74, 6) is -0.771. The predicted octanol–water partition coefficient (Wildman–Crippen LogP) is 5.79. The molecule has 35 heavy (non-hydrogen) atoms. The lowest BCUT2D eigenvalue weighted by Gasteiger charge is -2.32. The van der Waals surface area contributed by atoms with Crippen LogP contribution in [-0.2, 0) is 14.3 Å². The lowest BCUT2D eigenvalue weighted by atomic mass is 10.0. The molecular formula is C27H36ClN3O4. The van der Waals surface area contributed by atoms with Crippen molar-refractivity contribution >= 4 is 35.2 Å². The van der Waals surface area contributed by atoms with Gasteiger partial charge in [0, 0.05) is 6.54 Å². The number of halogens is 1. The fraction of sp³-hybridized carbons (Fsp3) is 0.444. The zero-order valence-electron chi connectivity index (χ0n) is 21.4. The summed E-state index contributed by atoms with van der Waals surface area (Å²) in [5.41, 5.74) is 2.33. The topological polar surface area (TPSA) is 87.7 Å². The molecule has 0 bridgehead atoms. The van der Waals surface area contributed by atoms with E-state index in [1.54, 1.807) is 26.8 Å². The van der Waals surface area contributed by atoms with Crippen molar-refractivity contribution in [1.82, 2.24) is 10.2 Å². The average Bonchev–Trinajstić information content (AvgIpc) is 2.77. The van der Waals surface area contributed by atoms with Crippen LogP contribution in [0.5, 0.6) is 0 Å². The molecule has 1 atom stereocenters. The summed E-state index contributed by atoms with van der Waals surface area (Å²) in [5, 5.41) is 5.85. The van der Waals surface area contributed by atoms with Crippen molar-refractivity contribution in [3.63, 3.8) is 0 Å². The molecule has 1 unspecified atom stereocenters. The molecule has 0 saturated carbocycles. The molecular weight excluding hydrogens is 466 g/mol. The van der Waals surface area contributed by atoms with Crippen molar-refractivity contribution in [2.75, 3.05) is 18.4 Å². The summed E-state index contributed by atoms with van der Waals surface area (Å²) >= 11 is 6.35. The van der Waals surface area contributed by atoms with Gasteiger partial charge in [-0.2, -0.15) is 0 Å². The Bertz CT molecular complexity index is 1010. The standard InChI is InChI=1S/C27H36ClN3O4/c1-7-8-16-31(22(32)17-29-26(34)35-27(4,5)6)24(20-14-12-18(2)13-15-20)25(33)30-23-19(3)10-9-11-21(23)28/h9-15,24H,7-8,16-17H2,1-6H3,(H,29,34)(H,30,33). The number of aryl methyl sites for hydroxylation is 2. The number of benzene rings is 2. The number of hydrogen-bond acceptors (Lipinski definition) is 4. The van der Waals surface area contributed by atoms with E-state index >= 15 is 0 Å². The first-order valence-corrected chi connectivity index (χ1v) is 12.2. The fourth-order valence-electron chi connectivity index (χ4n) is 3.49.